The molecule has 8 rings (SSSR count). The zero-order valence-corrected chi connectivity index (χ0v) is 26.0. The zero-order valence-electron chi connectivity index (χ0n) is 26.0. The summed E-state index contributed by atoms with van der Waals surface area (Å²) in [5.74, 6) is 0. The van der Waals surface area contributed by atoms with Crippen LogP contribution in [-0.2, 0) is 0 Å². The fraction of sp³-hybridized carbons (Fsp3) is 0. The van der Waals surface area contributed by atoms with Gasteiger partial charge < -0.3 is 4.90 Å². The van der Waals surface area contributed by atoms with Crippen molar-refractivity contribution >= 4 is 27.8 Å². The smallest absolute Gasteiger partial charge is 0.0473 e. The van der Waals surface area contributed by atoms with E-state index < -0.39 is 0 Å². The Kier molecular flexibility index (Phi) is 7.63. The standard InChI is InChI=1S/C46H33N/c1-4-13-34(14-5-1)38-25-27-44(28-26-38)47(45-22-12-21-40(31-45)41-24-23-37-19-10-11-20-39(37)29-41)46-32-42(35-15-6-2-7-16-35)30-43(33-46)36-17-8-3-9-18-36/h1-33H. The third kappa shape index (κ3) is 5.95. The largest absolute Gasteiger partial charge is 0.310 e. The van der Waals surface area contributed by atoms with E-state index in [1.807, 2.05) is 0 Å². The maximum atomic E-state index is 2.39. The molecule has 0 atom stereocenters. The van der Waals surface area contributed by atoms with E-state index in [4.69, 9.17) is 0 Å². The number of nitrogens with zero attached hydrogens (tertiary/aromatic N) is 1. The van der Waals surface area contributed by atoms with Crippen LogP contribution in [0.2, 0.25) is 0 Å². The van der Waals surface area contributed by atoms with Crippen LogP contribution in [0.5, 0.6) is 0 Å². The Morgan fingerprint density at radius 1 is 0.213 bits per heavy atom. The van der Waals surface area contributed by atoms with Crippen molar-refractivity contribution in [3.8, 4) is 44.5 Å². The summed E-state index contributed by atoms with van der Waals surface area (Å²) < 4.78 is 0. The van der Waals surface area contributed by atoms with E-state index in [1.54, 1.807) is 0 Å². The fourth-order valence-corrected chi connectivity index (χ4v) is 6.41. The first-order valence-corrected chi connectivity index (χ1v) is 16.1. The minimum atomic E-state index is 1.10. The van der Waals surface area contributed by atoms with E-state index in [9.17, 15) is 0 Å². The molecule has 0 fully saturated rings. The average molecular weight is 600 g/mol. The molecule has 0 amide bonds. The van der Waals surface area contributed by atoms with Gasteiger partial charge in [0.15, 0.2) is 0 Å². The van der Waals surface area contributed by atoms with Crippen molar-refractivity contribution in [3.05, 3.63) is 200 Å². The van der Waals surface area contributed by atoms with E-state index in [2.05, 4.69) is 205 Å². The molecule has 0 bridgehead atoms. The lowest BCUT2D eigenvalue weighted by Gasteiger charge is -2.27. The maximum absolute atomic E-state index is 2.39. The molecule has 0 unspecified atom stereocenters. The summed E-state index contributed by atoms with van der Waals surface area (Å²) in [5, 5.41) is 2.49. The van der Waals surface area contributed by atoms with Crippen LogP contribution in [-0.4, -0.2) is 0 Å². The topological polar surface area (TPSA) is 3.24 Å². The Hall–Kier alpha value is -6.18. The normalized spacial score (nSPS) is 11.0. The predicted octanol–water partition coefficient (Wildman–Crippen LogP) is 13.0. The second-order valence-corrected chi connectivity index (χ2v) is 11.9. The van der Waals surface area contributed by atoms with Gasteiger partial charge in [0, 0.05) is 17.1 Å². The highest BCUT2D eigenvalue weighted by atomic mass is 15.1. The van der Waals surface area contributed by atoms with Crippen LogP contribution in [0.15, 0.2) is 200 Å². The van der Waals surface area contributed by atoms with Crippen LogP contribution in [0.1, 0.15) is 0 Å². The highest BCUT2D eigenvalue weighted by Crippen LogP contribution is 2.41. The second-order valence-electron chi connectivity index (χ2n) is 11.9. The molecule has 1 nitrogen and oxygen atoms in total. The lowest BCUT2D eigenvalue weighted by atomic mass is 9.96. The van der Waals surface area contributed by atoms with E-state index in [0.717, 1.165) is 17.1 Å². The third-order valence-corrected chi connectivity index (χ3v) is 8.81. The van der Waals surface area contributed by atoms with Gasteiger partial charge in [-0.1, -0.05) is 152 Å². The molecular weight excluding hydrogens is 567 g/mol. The molecule has 0 radical (unpaired) electrons. The van der Waals surface area contributed by atoms with Crippen molar-refractivity contribution in [1.82, 2.24) is 0 Å². The van der Waals surface area contributed by atoms with Gasteiger partial charge >= 0.3 is 0 Å². The number of fused-ring (bicyclic) bond motifs is 1. The van der Waals surface area contributed by atoms with E-state index in [0.29, 0.717) is 0 Å². The van der Waals surface area contributed by atoms with Crippen LogP contribution >= 0.6 is 0 Å². The first-order valence-electron chi connectivity index (χ1n) is 16.1. The van der Waals surface area contributed by atoms with Gasteiger partial charge in [0.05, 0.1) is 0 Å². The van der Waals surface area contributed by atoms with E-state index >= 15 is 0 Å². The zero-order chi connectivity index (χ0) is 31.4. The lowest BCUT2D eigenvalue weighted by molar-refractivity contribution is 1.28. The highest BCUT2D eigenvalue weighted by molar-refractivity contribution is 5.90. The molecule has 0 saturated heterocycles. The van der Waals surface area contributed by atoms with Gasteiger partial charge in [0.25, 0.3) is 0 Å². The molecule has 222 valence electrons. The highest BCUT2D eigenvalue weighted by Gasteiger charge is 2.17. The predicted molar refractivity (Wildman–Crippen MR) is 200 cm³/mol. The molecule has 0 heterocycles. The Balaban J connectivity index is 1.31. The van der Waals surface area contributed by atoms with Crippen molar-refractivity contribution in [3.63, 3.8) is 0 Å². The molecule has 0 N–H and O–H groups in total. The number of anilines is 3. The number of hydrogen-bond donors (Lipinski definition) is 0. The molecule has 0 spiro atoms. The van der Waals surface area contributed by atoms with Crippen LogP contribution in [0.25, 0.3) is 55.3 Å². The summed E-state index contributed by atoms with van der Waals surface area (Å²) in [6.45, 7) is 0. The monoisotopic (exact) mass is 599 g/mol. The van der Waals surface area contributed by atoms with Crippen molar-refractivity contribution in [2.75, 3.05) is 4.90 Å². The maximum Gasteiger partial charge on any atom is 0.0473 e. The fourth-order valence-electron chi connectivity index (χ4n) is 6.41. The summed E-state index contributed by atoms with van der Waals surface area (Å²) in [5.41, 5.74) is 12.8. The molecule has 1 heteroatoms. The molecule has 0 aliphatic carbocycles. The van der Waals surface area contributed by atoms with Gasteiger partial charge in [-0.05, 0) is 104 Å². The molecular formula is C46H33N. The SMILES string of the molecule is c1ccc(-c2ccc(N(c3cccc(-c4ccc5ccccc5c4)c3)c3cc(-c4ccccc4)cc(-c4ccccc4)c3)cc2)cc1. The van der Waals surface area contributed by atoms with Gasteiger partial charge in [0.2, 0.25) is 0 Å². The van der Waals surface area contributed by atoms with Gasteiger partial charge in [-0.15, -0.1) is 0 Å². The molecule has 0 aromatic heterocycles. The summed E-state index contributed by atoms with van der Waals surface area (Å²) in [6, 6.07) is 71.9. The molecule has 8 aromatic rings. The average Bonchev–Trinajstić information content (AvgIpc) is 3.16. The van der Waals surface area contributed by atoms with Crippen LogP contribution in [0, 0.1) is 0 Å². The van der Waals surface area contributed by atoms with Gasteiger partial charge in [-0.3, -0.25) is 0 Å². The lowest BCUT2D eigenvalue weighted by Crippen LogP contribution is -2.10. The summed E-state index contributed by atoms with van der Waals surface area (Å²) in [6.07, 6.45) is 0. The van der Waals surface area contributed by atoms with Crippen molar-refractivity contribution in [2.24, 2.45) is 0 Å². The number of rotatable bonds is 7. The molecule has 8 aromatic carbocycles. The Morgan fingerprint density at radius 2 is 0.660 bits per heavy atom. The first-order chi connectivity index (χ1) is 23.3. The Labute approximate surface area is 276 Å². The van der Waals surface area contributed by atoms with Crippen LogP contribution in [0.3, 0.4) is 0 Å². The van der Waals surface area contributed by atoms with Gasteiger partial charge in [-0.25, -0.2) is 0 Å². The Morgan fingerprint density at radius 3 is 1.28 bits per heavy atom. The number of hydrogen-bond acceptors (Lipinski definition) is 1. The summed E-state index contributed by atoms with van der Waals surface area (Å²) in [7, 11) is 0. The summed E-state index contributed by atoms with van der Waals surface area (Å²) >= 11 is 0. The van der Waals surface area contributed by atoms with E-state index in [-0.39, 0.29) is 0 Å². The molecule has 0 aliphatic heterocycles. The summed E-state index contributed by atoms with van der Waals surface area (Å²) in [4.78, 5) is 2.39. The van der Waals surface area contributed by atoms with Gasteiger partial charge in [-0.2, -0.15) is 0 Å². The molecule has 47 heavy (non-hydrogen) atoms. The van der Waals surface area contributed by atoms with Crippen molar-refractivity contribution in [1.29, 1.82) is 0 Å². The minimum absolute atomic E-state index is 1.10. The van der Waals surface area contributed by atoms with Crippen LogP contribution in [0.4, 0.5) is 17.1 Å². The molecule has 0 aliphatic rings. The van der Waals surface area contributed by atoms with Crippen molar-refractivity contribution in [2.45, 2.75) is 0 Å². The first kappa shape index (κ1) is 28.3. The number of benzene rings is 8. The van der Waals surface area contributed by atoms with Crippen molar-refractivity contribution < 1.29 is 0 Å². The van der Waals surface area contributed by atoms with Crippen LogP contribution < -0.4 is 4.90 Å². The quantitative estimate of drug-likeness (QED) is 0.176. The molecule has 0 saturated carbocycles. The second kappa shape index (κ2) is 12.7. The third-order valence-electron chi connectivity index (χ3n) is 8.81. The van der Waals surface area contributed by atoms with Gasteiger partial charge in [0.1, 0.15) is 0 Å². The van der Waals surface area contributed by atoms with E-state index in [1.165, 1.54) is 55.3 Å². The Bertz CT molecular complexity index is 2210. The minimum Gasteiger partial charge on any atom is -0.310 e.